The van der Waals surface area contributed by atoms with Gasteiger partial charge in [0.05, 0.1) is 5.69 Å². The van der Waals surface area contributed by atoms with Gasteiger partial charge in [0.15, 0.2) is 5.75 Å². The van der Waals surface area contributed by atoms with Crippen molar-refractivity contribution in [2.45, 2.75) is 6.36 Å². The number of nitrogens with two attached hydrogens (primary N) is 2. The van der Waals surface area contributed by atoms with Crippen LogP contribution in [0.2, 0.25) is 0 Å². The van der Waals surface area contributed by atoms with Crippen LogP contribution in [0.5, 0.6) is 5.75 Å². The van der Waals surface area contributed by atoms with Crippen LogP contribution in [-0.2, 0) is 0 Å². The fraction of sp³-hybridized carbons (Fsp3) is 0.125. The van der Waals surface area contributed by atoms with E-state index >= 15 is 0 Å². The Bertz CT molecular complexity index is 389. The molecule has 0 unspecified atom stereocenters. The van der Waals surface area contributed by atoms with Gasteiger partial charge in [-0.25, -0.2) is 0 Å². The second kappa shape index (κ2) is 3.68. The average Bonchev–Trinajstić information content (AvgIpc) is 2.08. The molecule has 0 aliphatic carbocycles. The number of nitrogens with one attached hydrogen (secondary N) is 1. The topological polar surface area (TPSA) is 85.1 Å². The normalized spacial score (nSPS) is 11.1. The number of alkyl halides is 3. The summed E-state index contributed by atoms with van der Waals surface area (Å²) in [5.41, 5.74) is 10.7. The van der Waals surface area contributed by atoms with Crippen molar-refractivity contribution in [2.75, 3.05) is 11.5 Å². The number of nitrogen functional groups attached to an aromatic ring is 2. The fourth-order valence-electron chi connectivity index (χ4n) is 0.968. The maximum absolute atomic E-state index is 11.9. The first-order valence-electron chi connectivity index (χ1n) is 3.78. The van der Waals surface area contributed by atoms with E-state index in [1.165, 1.54) is 0 Å². The zero-order valence-corrected chi connectivity index (χ0v) is 7.43. The monoisotopic (exact) mass is 219 g/mol. The van der Waals surface area contributed by atoms with Crippen molar-refractivity contribution in [3.63, 3.8) is 0 Å². The summed E-state index contributed by atoms with van der Waals surface area (Å²) in [4.78, 5) is 0. The van der Waals surface area contributed by atoms with Gasteiger partial charge in [0.1, 0.15) is 0 Å². The molecule has 0 spiro atoms. The van der Waals surface area contributed by atoms with Gasteiger partial charge in [0.2, 0.25) is 0 Å². The molecule has 0 saturated heterocycles. The minimum atomic E-state index is -4.81. The lowest BCUT2D eigenvalue weighted by Crippen LogP contribution is -2.18. The zero-order valence-electron chi connectivity index (χ0n) is 7.43. The van der Waals surface area contributed by atoms with E-state index < -0.39 is 12.1 Å². The minimum Gasteiger partial charge on any atom is -0.404 e. The summed E-state index contributed by atoms with van der Waals surface area (Å²) >= 11 is 0. The lowest BCUT2D eigenvalue weighted by atomic mass is 10.1. The van der Waals surface area contributed by atoms with Crippen molar-refractivity contribution < 1.29 is 17.9 Å². The van der Waals surface area contributed by atoms with Crippen LogP contribution in [0.25, 0.3) is 0 Å². The van der Waals surface area contributed by atoms with E-state index in [0.717, 1.165) is 18.3 Å². The molecule has 0 aliphatic heterocycles. The van der Waals surface area contributed by atoms with E-state index in [1.807, 2.05) is 0 Å². The first-order valence-corrected chi connectivity index (χ1v) is 3.78. The number of ether oxygens (including phenoxy) is 1. The van der Waals surface area contributed by atoms with Gasteiger partial charge in [0.25, 0.3) is 0 Å². The summed E-state index contributed by atoms with van der Waals surface area (Å²) in [6.45, 7) is 0. The molecular weight excluding hydrogens is 211 g/mol. The lowest BCUT2D eigenvalue weighted by Gasteiger charge is -2.12. The highest BCUT2D eigenvalue weighted by molar-refractivity contribution is 5.87. The van der Waals surface area contributed by atoms with Crippen molar-refractivity contribution in [3.8, 4) is 5.75 Å². The zero-order chi connectivity index (χ0) is 11.6. The largest absolute Gasteiger partial charge is 0.573 e. The quantitative estimate of drug-likeness (QED) is 0.523. The third-order valence-electron chi connectivity index (χ3n) is 1.60. The van der Waals surface area contributed by atoms with Crippen LogP contribution < -0.4 is 16.2 Å². The van der Waals surface area contributed by atoms with Gasteiger partial charge in [-0.1, -0.05) is 0 Å². The standard InChI is InChI=1S/C8H8F3N3O/c9-8(10,11)15-7-2-5(13)4(3-12)1-6(7)14/h1-3,12H,13-14H2. The van der Waals surface area contributed by atoms with Crippen LogP contribution in [0, 0.1) is 5.41 Å². The summed E-state index contributed by atoms with van der Waals surface area (Å²) in [6, 6.07) is 2.08. The molecule has 0 aromatic heterocycles. The van der Waals surface area contributed by atoms with Crippen molar-refractivity contribution in [3.05, 3.63) is 17.7 Å². The predicted octanol–water partition coefficient (Wildman–Crippen LogP) is 1.75. The van der Waals surface area contributed by atoms with Crippen LogP contribution >= 0.6 is 0 Å². The number of halogens is 3. The molecule has 1 aromatic rings. The summed E-state index contributed by atoms with van der Waals surface area (Å²) in [5.74, 6) is -0.564. The van der Waals surface area contributed by atoms with Crippen LogP contribution in [0.1, 0.15) is 5.56 Å². The molecule has 0 heterocycles. The van der Waals surface area contributed by atoms with Gasteiger partial charge < -0.3 is 21.6 Å². The molecular formula is C8H8F3N3O. The average molecular weight is 219 g/mol. The van der Waals surface area contributed by atoms with Crippen molar-refractivity contribution in [1.29, 1.82) is 5.41 Å². The van der Waals surface area contributed by atoms with E-state index in [9.17, 15) is 13.2 Å². The molecule has 0 fully saturated rings. The molecule has 15 heavy (non-hydrogen) atoms. The predicted molar refractivity (Wildman–Crippen MR) is 49.8 cm³/mol. The van der Waals surface area contributed by atoms with Gasteiger partial charge in [-0.2, -0.15) is 0 Å². The molecule has 0 atom stereocenters. The Morgan fingerprint density at radius 2 is 1.80 bits per heavy atom. The highest BCUT2D eigenvalue weighted by atomic mass is 19.4. The maximum Gasteiger partial charge on any atom is 0.573 e. The molecule has 7 heteroatoms. The number of rotatable bonds is 2. The summed E-state index contributed by atoms with van der Waals surface area (Å²) in [6.07, 6.45) is -3.92. The van der Waals surface area contributed by atoms with Gasteiger partial charge in [-0.05, 0) is 6.07 Å². The number of hydrogen-bond acceptors (Lipinski definition) is 4. The van der Waals surface area contributed by atoms with Crippen molar-refractivity contribution >= 4 is 17.6 Å². The lowest BCUT2D eigenvalue weighted by molar-refractivity contribution is -0.274. The van der Waals surface area contributed by atoms with E-state index in [1.54, 1.807) is 0 Å². The number of hydrogen-bond donors (Lipinski definition) is 3. The second-order valence-corrected chi connectivity index (χ2v) is 2.71. The molecule has 0 radical (unpaired) electrons. The minimum absolute atomic E-state index is 0.00144. The summed E-state index contributed by atoms with van der Waals surface area (Å²) < 4.78 is 39.2. The molecule has 1 rings (SSSR count). The second-order valence-electron chi connectivity index (χ2n) is 2.71. The SMILES string of the molecule is N=Cc1cc(N)c(OC(F)(F)F)cc1N. The summed E-state index contributed by atoms with van der Waals surface area (Å²) in [5, 5.41) is 6.91. The van der Waals surface area contributed by atoms with Crippen molar-refractivity contribution in [2.24, 2.45) is 0 Å². The Morgan fingerprint density at radius 3 is 2.27 bits per heavy atom. The molecule has 0 aliphatic rings. The maximum atomic E-state index is 11.9. The molecule has 1 aromatic carbocycles. The molecule has 0 bridgehead atoms. The Balaban J connectivity index is 3.11. The van der Waals surface area contributed by atoms with E-state index in [2.05, 4.69) is 4.74 Å². The Hall–Kier alpha value is -1.92. The number of anilines is 2. The third kappa shape index (κ3) is 2.76. The first kappa shape index (κ1) is 11.2. The van der Waals surface area contributed by atoms with Gasteiger partial charge in [0, 0.05) is 23.5 Å². The Labute approximate surface area is 83.1 Å². The molecule has 0 saturated carbocycles. The molecule has 0 amide bonds. The van der Waals surface area contributed by atoms with Crippen LogP contribution in [-0.4, -0.2) is 12.6 Å². The molecule has 4 nitrogen and oxygen atoms in total. The van der Waals surface area contributed by atoms with Gasteiger partial charge >= 0.3 is 6.36 Å². The van der Waals surface area contributed by atoms with E-state index in [0.29, 0.717) is 0 Å². The highest BCUT2D eigenvalue weighted by Crippen LogP contribution is 2.31. The van der Waals surface area contributed by atoms with Crippen LogP contribution in [0.3, 0.4) is 0 Å². The Kier molecular flexibility index (Phi) is 2.74. The van der Waals surface area contributed by atoms with Crippen LogP contribution in [0.4, 0.5) is 24.5 Å². The Morgan fingerprint density at radius 1 is 1.20 bits per heavy atom. The molecule has 5 N–H and O–H groups in total. The summed E-state index contributed by atoms with van der Waals surface area (Å²) in [7, 11) is 0. The van der Waals surface area contributed by atoms with E-state index in [-0.39, 0.29) is 16.9 Å². The van der Waals surface area contributed by atoms with Gasteiger partial charge in [-0.15, -0.1) is 13.2 Å². The van der Waals surface area contributed by atoms with Crippen LogP contribution in [0.15, 0.2) is 12.1 Å². The number of benzene rings is 1. The first-order chi connectivity index (χ1) is 6.83. The fourth-order valence-corrected chi connectivity index (χ4v) is 0.968. The highest BCUT2D eigenvalue weighted by Gasteiger charge is 2.32. The third-order valence-corrected chi connectivity index (χ3v) is 1.60. The van der Waals surface area contributed by atoms with Crippen molar-refractivity contribution in [1.82, 2.24) is 0 Å². The molecule has 82 valence electrons. The van der Waals surface area contributed by atoms with E-state index in [4.69, 9.17) is 16.9 Å². The smallest absolute Gasteiger partial charge is 0.404 e. The van der Waals surface area contributed by atoms with Gasteiger partial charge in [-0.3, -0.25) is 0 Å².